The van der Waals surface area contributed by atoms with Gasteiger partial charge in [-0.25, -0.2) is 9.78 Å². The minimum atomic E-state index is -0.473. The predicted octanol–water partition coefficient (Wildman–Crippen LogP) is 1.96. The Balaban J connectivity index is 2.36. The first-order valence-electron chi connectivity index (χ1n) is 5.02. The van der Waals surface area contributed by atoms with Crippen molar-refractivity contribution in [2.45, 2.75) is 6.54 Å². The second-order valence-corrected chi connectivity index (χ2v) is 4.43. The Morgan fingerprint density at radius 3 is 2.89 bits per heavy atom. The molecule has 1 aromatic carbocycles. The summed E-state index contributed by atoms with van der Waals surface area (Å²) in [5.74, 6) is 0. The molecular weight excluding hydrogens is 302 g/mol. The molecule has 0 atom stereocenters. The maximum Gasteiger partial charge on any atom is 0.347 e. The molecule has 0 bridgehead atoms. The largest absolute Gasteiger partial charge is 0.347 e. The third-order valence-electron chi connectivity index (χ3n) is 2.34. The molecule has 0 aliphatic heterocycles. The number of nitrogens with zero attached hydrogens (tertiary/aromatic N) is 3. The van der Waals surface area contributed by atoms with Gasteiger partial charge in [0.1, 0.15) is 0 Å². The number of aromatic nitrogens is 2. The fraction of sp³-hybridized carbons (Fsp3) is 0.0909. The van der Waals surface area contributed by atoms with E-state index in [4.69, 9.17) is 0 Å². The van der Waals surface area contributed by atoms with Crippen molar-refractivity contribution >= 4 is 21.6 Å². The maximum absolute atomic E-state index is 11.4. The summed E-state index contributed by atoms with van der Waals surface area (Å²) in [5, 5.41) is 10.8. The molecule has 6 nitrogen and oxygen atoms in total. The number of rotatable bonds is 3. The highest BCUT2D eigenvalue weighted by Crippen LogP contribution is 2.25. The lowest BCUT2D eigenvalue weighted by Crippen LogP contribution is -2.21. The van der Waals surface area contributed by atoms with Gasteiger partial charge >= 0.3 is 5.69 Å². The molecule has 2 aromatic rings. The van der Waals surface area contributed by atoms with Gasteiger partial charge in [0.2, 0.25) is 0 Å². The summed E-state index contributed by atoms with van der Waals surface area (Å²) in [6, 6.07) is 6.38. The zero-order chi connectivity index (χ0) is 13.1. The summed E-state index contributed by atoms with van der Waals surface area (Å²) in [6.07, 6.45) is 2.99. The first kappa shape index (κ1) is 12.4. The normalized spacial score (nSPS) is 10.3. The van der Waals surface area contributed by atoms with E-state index in [0.29, 0.717) is 10.0 Å². The molecule has 0 spiro atoms. The number of halogens is 1. The SMILES string of the molecule is O=c1ncccn1Cc1ccc(Br)c([N+](=O)[O-])c1. The number of nitro benzene ring substituents is 1. The Hall–Kier alpha value is -2.02. The maximum atomic E-state index is 11.4. The van der Waals surface area contributed by atoms with Gasteiger partial charge in [0.05, 0.1) is 15.9 Å². The Bertz CT molecular complexity index is 654. The van der Waals surface area contributed by atoms with E-state index < -0.39 is 4.92 Å². The van der Waals surface area contributed by atoms with Crippen molar-refractivity contribution in [3.63, 3.8) is 0 Å². The van der Waals surface area contributed by atoms with Gasteiger partial charge in [0.25, 0.3) is 5.69 Å². The van der Waals surface area contributed by atoms with E-state index in [1.54, 1.807) is 24.4 Å². The van der Waals surface area contributed by atoms with Crippen LogP contribution in [0.25, 0.3) is 0 Å². The van der Waals surface area contributed by atoms with E-state index in [0.717, 1.165) is 0 Å². The van der Waals surface area contributed by atoms with Gasteiger partial charge < -0.3 is 0 Å². The minimum absolute atomic E-state index is 0.0237. The van der Waals surface area contributed by atoms with Crippen LogP contribution in [0.4, 0.5) is 5.69 Å². The second kappa shape index (κ2) is 5.09. The molecule has 1 aromatic heterocycles. The fourth-order valence-electron chi connectivity index (χ4n) is 1.50. The van der Waals surface area contributed by atoms with Crippen molar-refractivity contribution in [1.29, 1.82) is 0 Å². The van der Waals surface area contributed by atoms with E-state index in [1.807, 2.05) is 0 Å². The average molecular weight is 310 g/mol. The monoisotopic (exact) mass is 309 g/mol. The Morgan fingerprint density at radius 1 is 1.44 bits per heavy atom. The smallest absolute Gasteiger partial charge is 0.295 e. The average Bonchev–Trinajstić information content (AvgIpc) is 2.34. The zero-order valence-electron chi connectivity index (χ0n) is 9.12. The summed E-state index contributed by atoms with van der Waals surface area (Å²) >= 11 is 3.11. The molecule has 92 valence electrons. The van der Waals surface area contributed by atoms with Gasteiger partial charge in [-0.2, -0.15) is 0 Å². The van der Waals surface area contributed by atoms with Crippen molar-refractivity contribution < 1.29 is 4.92 Å². The van der Waals surface area contributed by atoms with Crippen LogP contribution in [0, 0.1) is 10.1 Å². The Morgan fingerprint density at radius 2 is 2.22 bits per heavy atom. The number of benzene rings is 1. The van der Waals surface area contributed by atoms with Crippen LogP contribution in [-0.2, 0) is 6.54 Å². The van der Waals surface area contributed by atoms with Gasteiger partial charge in [-0.3, -0.25) is 14.7 Å². The van der Waals surface area contributed by atoms with E-state index >= 15 is 0 Å². The predicted molar refractivity (Wildman–Crippen MR) is 68.4 cm³/mol. The molecule has 7 heteroatoms. The van der Waals surface area contributed by atoms with E-state index in [2.05, 4.69) is 20.9 Å². The molecule has 18 heavy (non-hydrogen) atoms. The number of hydrogen-bond acceptors (Lipinski definition) is 4. The molecular formula is C11H8BrN3O3. The van der Waals surface area contributed by atoms with Crippen LogP contribution in [0.3, 0.4) is 0 Å². The highest BCUT2D eigenvalue weighted by atomic mass is 79.9. The molecule has 0 unspecified atom stereocenters. The molecule has 0 aliphatic carbocycles. The number of nitro groups is 1. The molecule has 2 rings (SSSR count). The van der Waals surface area contributed by atoms with Crippen molar-refractivity contribution in [2.24, 2.45) is 0 Å². The lowest BCUT2D eigenvalue weighted by atomic mass is 10.2. The molecule has 0 fully saturated rings. The molecule has 0 saturated heterocycles. The Labute approximate surface area is 110 Å². The van der Waals surface area contributed by atoms with Crippen LogP contribution in [0.15, 0.2) is 45.9 Å². The van der Waals surface area contributed by atoms with Crippen LogP contribution in [-0.4, -0.2) is 14.5 Å². The van der Waals surface area contributed by atoms with E-state index in [9.17, 15) is 14.9 Å². The van der Waals surface area contributed by atoms with Crippen molar-refractivity contribution in [2.75, 3.05) is 0 Å². The van der Waals surface area contributed by atoms with Crippen LogP contribution < -0.4 is 5.69 Å². The second-order valence-electron chi connectivity index (χ2n) is 3.57. The standard InChI is InChI=1S/C11H8BrN3O3/c12-9-3-2-8(6-10(9)15(17)18)7-14-5-1-4-13-11(14)16/h1-6H,7H2. The van der Waals surface area contributed by atoms with Gasteiger partial charge in [0, 0.05) is 18.5 Å². The van der Waals surface area contributed by atoms with Crippen LogP contribution in [0.2, 0.25) is 0 Å². The van der Waals surface area contributed by atoms with Crippen LogP contribution in [0.5, 0.6) is 0 Å². The summed E-state index contributed by atoms with van der Waals surface area (Å²) in [6.45, 7) is 0.251. The van der Waals surface area contributed by atoms with Crippen LogP contribution >= 0.6 is 15.9 Å². The van der Waals surface area contributed by atoms with Crippen molar-refractivity contribution in [1.82, 2.24) is 9.55 Å². The summed E-state index contributed by atoms with van der Waals surface area (Å²) < 4.78 is 1.79. The molecule has 0 saturated carbocycles. The first-order chi connectivity index (χ1) is 8.58. The molecule has 1 heterocycles. The Kier molecular flexibility index (Phi) is 3.52. The van der Waals surface area contributed by atoms with E-state index in [-0.39, 0.29) is 17.9 Å². The highest BCUT2D eigenvalue weighted by molar-refractivity contribution is 9.10. The quantitative estimate of drug-likeness (QED) is 0.641. The van der Waals surface area contributed by atoms with Crippen molar-refractivity contribution in [3.8, 4) is 0 Å². The molecule has 0 radical (unpaired) electrons. The van der Waals surface area contributed by atoms with E-state index in [1.165, 1.54) is 16.8 Å². The van der Waals surface area contributed by atoms with Crippen molar-refractivity contribution in [3.05, 3.63) is 67.3 Å². The van der Waals surface area contributed by atoms with Gasteiger partial charge in [-0.05, 0) is 33.6 Å². The fourth-order valence-corrected chi connectivity index (χ4v) is 1.89. The van der Waals surface area contributed by atoms with Gasteiger partial charge in [-0.15, -0.1) is 0 Å². The highest BCUT2D eigenvalue weighted by Gasteiger charge is 2.12. The summed E-state index contributed by atoms with van der Waals surface area (Å²) in [7, 11) is 0. The minimum Gasteiger partial charge on any atom is -0.295 e. The topological polar surface area (TPSA) is 78.0 Å². The van der Waals surface area contributed by atoms with Gasteiger partial charge in [0.15, 0.2) is 0 Å². The lowest BCUT2D eigenvalue weighted by Gasteiger charge is -2.05. The molecule has 0 N–H and O–H groups in total. The summed E-state index contributed by atoms with van der Waals surface area (Å²) in [4.78, 5) is 25.3. The summed E-state index contributed by atoms with van der Waals surface area (Å²) in [5.41, 5.74) is 0.257. The lowest BCUT2D eigenvalue weighted by molar-refractivity contribution is -0.385. The number of hydrogen-bond donors (Lipinski definition) is 0. The third kappa shape index (κ3) is 2.62. The third-order valence-corrected chi connectivity index (χ3v) is 3.01. The molecule has 0 aliphatic rings. The zero-order valence-corrected chi connectivity index (χ0v) is 10.7. The first-order valence-corrected chi connectivity index (χ1v) is 5.81. The van der Waals surface area contributed by atoms with Gasteiger partial charge in [-0.1, -0.05) is 6.07 Å². The van der Waals surface area contributed by atoms with Crippen LogP contribution in [0.1, 0.15) is 5.56 Å². The molecule has 0 amide bonds.